The summed E-state index contributed by atoms with van der Waals surface area (Å²) in [4.78, 5) is 18.7. The monoisotopic (exact) mass is 330 g/mol. The molecular weight excluding hydrogens is 312 g/mol. The van der Waals surface area contributed by atoms with Crippen molar-refractivity contribution in [3.63, 3.8) is 0 Å². The van der Waals surface area contributed by atoms with E-state index in [1.807, 2.05) is 35.2 Å². The average molecular weight is 331 g/mol. The summed E-state index contributed by atoms with van der Waals surface area (Å²) < 4.78 is 0. The number of carbonyl (C=O) groups is 1. The van der Waals surface area contributed by atoms with E-state index in [-0.39, 0.29) is 12.5 Å². The van der Waals surface area contributed by atoms with Crippen LogP contribution in [0.15, 0.2) is 42.7 Å². The third kappa shape index (κ3) is 3.71. The van der Waals surface area contributed by atoms with E-state index >= 15 is 0 Å². The molecule has 5 heteroatoms. The maximum Gasteiger partial charge on any atom is 0.255 e. The summed E-state index contributed by atoms with van der Waals surface area (Å²) >= 11 is 5.91. The Kier molecular flexibility index (Phi) is 4.94. The van der Waals surface area contributed by atoms with Gasteiger partial charge in [0.2, 0.25) is 0 Å². The Morgan fingerprint density at radius 2 is 1.87 bits per heavy atom. The van der Waals surface area contributed by atoms with E-state index in [4.69, 9.17) is 11.6 Å². The number of aliphatic hydroxyl groups excluding tert-OH is 1. The molecule has 3 rings (SSSR count). The highest BCUT2D eigenvalue weighted by Crippen LogP contribution is 2.23. The van der Waals surface area contributed by atoms with Gasteiger partial charge in [-0.25, -0.2) is 0 Å². The first kappa shape index (κ1) is 16.0. The van der Waals surface area contributed by atoms with Gasteiger partial charge in [-0.3, -0.25) is 9.78 Å². The zero-order chi connectivity index (χ0) is 16.2. The second-order valence-electron chi connectivity index (χ2n) is 5.89. The molecule has 23 heavy (non-hydrogen) atoms. The van der Waals surface area contributed by atoms with Gasteiger partial charge in [-0.15, -0.1) is 0 Å². The van der Waals surface area contributed by atoms with Crippen LogP contribution in [-0.2, 0) is 0 Å². The highest BCUT2D eigenvalue weighted by molar-refractivity contribution is 6.30. The number of halogens is 1. The van der Waals surface area contributed by atoms with Gasteiger partial charge < -0.3 is 10.0 Å². The summed E-state index contributed by atoms with van der Waals surface area (Å²) in [5.41, 5.74) is 2.48. The van der Waals surface area contributed by atoms with Crippen LogP contribution >= 0.6 is 11.6 Å². The molecule has 2 aromatic rings. The summed E-state index contributed by atoms with van der Waals surface area (Å²) in [5, 5.41) is 9.87. The van der Waals surface area contributed by atoms with Crippen molar-refractivity contribution in [2.75, 3.05) is 19.7 Å². The number of amides is 1. The van der Waals surface area contributed by atoms with Gasteiger partial charge in [0.15, 0.2) is 0 Å². The molecule has 2 heterocycles. The van der Waals surface area contributed by atoms with Gasteiger partial charge in [-0.2, -0.15) is 0 Å². The number of aromatic nitrogens is 1. The molecule has 0 unspecified atom stereocenters. The van der Waals surface area contributed by atoms with E-state index in [0.29, 0.717) is 29.6 Å². The van der Waals surface area contributed by atoms with Gasteiger partial charge in [-0.05, 0) is 42.5 Å². The number of hydrogen-bond acceptors (Lipinski definition) is 3. The number of likely N-dealkylation sites (tertiary alicyclic amines) is 1. The van der Waals surface area contributed by atoms with E-state index in [1.165, 1.54) is 0 Å². The van der Waals surface area contributed by atoms with Crippen LogP contribution in [0.3, 0.4) is 0 Å². The molecule has 1 aromatic carbocycles. The minimum Gasteiger partial charge on any atom is -0.396 e. The molecule has 120 valence electrons. The Hall–Kier alpha value is -1.91. The largest absolute Gasteiger partial charge is 0.396 e. The molecule has 1 saturated heterocycles. The highest BCUT2D eigenvalue weighted by Gasteiger charge is 2.23. The summed E-state index contributed by atoms with van der Waals surface area (Å²) in [6.45, 7) is 1.58. The van der Waals surface area contributed by atoms with Crippen LogP contribution in [-0.4, -0.2) is 40.6 Å². The Morgan fingerprint density at radius 1 is 1.17 bits per heavy atom. The Bertz CT molecular complexity index is 680. The lowest BCUT2D eigenvalue weighted by Gasteiger charge is -2.31. The number of hydrogen-bond donors (Lipinski definition) is 1. The predicted molar refractivity (Wildman–Crippen MR) is 90.4 cm³/mol. The smallest absolute Gasteiger partial charge is 0.255 e. The van der Waals surface area contributed by atoms with Crippen molar-refractivity contribution in [3.8, 4) is 11.1 Å². The van der Waals surface area contributed by atoms with Gasteiger partial charge >= 0.3 is 0 Å². The lowest BCUT2D eigenvalue weighted by atomic mass is 9.97. The summed E-state index contributed by atoms with van der Waals surface area (Å²) in [6, 6.07) is 9.35. The normalized spacial score (nSPS) is 15.7. The van der Waals surface area contributed by atoms with Gasteiger partial charge in [0.05, 0.1) is 5.56 Å². The van der Waals surface area contributed by atoms with Crippen LogP contribution in [0.2, 0.25) is 5.02 Å². The second kappa shape index (κ2) is 7.11. The SMILES string of the molecule is O=C(c1cncc(-c2ccc(Cl)cc2)c1)N1CCC(CO)CC1. The van der Waals surface area contributed by atoms with Crippen LogP contribution in [0.1, 0.15) is 23.2 Å². The van der Waals surface area contributed by atoms with Crippen LogP contribution in [0.4, 0.5) is 0 Å². The Balaban J connectivity index is 1.77. The maximum atomic E-state index is 12.6. The van der Waals surface area contributed by atoms with Crippen LogP contribution in [0.25, 0.3) is 11.1 Å². The third-order valence-electron chi connectivity index (χ3n) is 4.32. The standard InChI is InChI=1S/C18H19ClN2O2/c19-17-3-1-14(2-4-17)15-9-16(11-20-10-15)18(23)21-7-5-13(12-22)6-8-21/h1-4,9-11,13,22H,5-8,12H2. The molecule has 1 amide bonds. The number of nitrogens with zero attached hydrogens (tertiary/aromatic N) is 2. The maximum absolute atomic E-state index is 12.6. The highest BCUT2D eigenvalue weighted by atomic mass is 35.5. The molecule has 0 radical (unpaired) electrons. The van der Waals surface area contributed by atoms with E-state index in [9.17, 15) is 9.90 Å². The van der Waals surface area contributed by atoms with Crippen LogP contribution in [0, 0.1) is 5.92 Å². The quantitative estimate of drug-likeness (QED) is 0.940. The van der Waals surface area contributed by atoms with Crippen molar-refractivity contribution in [1.29, 1.82) is 0 Å². The predicted octanol–water partition coefficient (Wildman–Crippen LogP) is 3.25. The second-order valence-corrected chi connectivity index (χ2v) is 6.32. The van der Waals surface area contributed by atoms with Crippen LogP contribution in [0.5, 0.6) is 0 Å². The number of aliphatic hydroxyl groups is 1. The van der Waals surface area contributed by atoms with Crippen molar-refractivity contribution in [2.45, 2.75) is 12.8 Å². The molecule has 1 aliphatic heterocycles. The minimum atomic E-state index is 0.00435. The molecule has 1 fully saturated rings. The van der Waals surface area contributed by atoms with Crippen molar-refractivity contribution >= 4 is 17.5 Å². The lowest BCUT2D eigenvalue weighted by molar-refractivity contribution is 0.0650. The molecule has 0 spiro atoms. The number of carbonyl (C=O) groups excluding carboxylic acids is 1. The Labute approximate surface area is 140 Å². The summed E-state index contributed by atoms with van der Waals surface area (Å²) in [6.07, 6.45) is 5.07. The molecule has 0 aliphatic carbocycles. The third-order valence-corrected chi connectivity index (χ3v) is 4.57. The van der Waals surface area contributed by atoms with Crippen molar-refractivity contribution in [3.05, 3.63) is 53.3 Å². The molecule has 0 saturated carbocycles. The van der Waals surface area contributed by atoms with Gasteiger partial charge in [0, 0.05) is 42.7 Å². The average Bonchev–Trinajstić information content (AvgIpc) is 2.62. The first-order chi connectivity index (χ1) is 11.2. The number of benzene rings is 1. The van der Waals surface area contributed by atoms with Crippen LogP contribution < -0.4 is 0 Å². The first-order valence-electron chi connectivity index (χ1n) is 7.78. The molecule has 1 N–H and O–H groups in total. The van der Waals surface area contributed by atoms with Crippen molar-refractivity contribution in [1.82, 2.24) is 9.88 Å². The van der Waals surface area contributed by atoms with E-state index < -0.39 is 0 Å². The molecule has 1 aromatic heterocycles. The summed E-state index contributed by atoms with van der Waals surface area (Å²) in [5.74, 6) is 0.322. The number of rotatable bonds is 3. The Morgan fingerprint density at radius 3 is 2.52 bits per heavy atom. The van der Waals surface area contributed by atoms with E-state index in [2.05, 4.69) is 4.98 Å². The number of pyridine rings is 1. The molecule has 0 bridgehead atoms. The van der Waals surface area contributed by atoms with Crippen molar-refractivity contribution < 1.29 is 9.90 Å². The van der Waals surface area contributed by atoms with Gasteiger partial charge in [0.1, 0.15) is 0 Å². The fraction of sp³-hybridized carbons (Fsp3) is 0.333. The molecule has 4 nitrogen and oxygen atoms in total. The fourth-order valence-corrected chi connectivity index (χ4v) is 2.98. The topological polar surface area (TPSA) is 53.4 Å². The summed E-state index contributed by atoms with van der Waals surface area (Å²) in [7, 11) is 0. The molecule has 1 aliphatic rings. The zero-order valence-corrected chi connectivity index (χ0v) is 13.5. The van der Waals surface area contributed by atoms with Gasteiger partial charge in [0.25, 0.3) is 5.91 Å². The zero-order valence-electron chi connectivity index (χ0n) is 12.8. The first-order valence-corrected chi connectivity index (χ1v) is 8.16. The number of piperidine rings is 1. The molecule has 0 atom stereocenters. The fourth-order valence-electron chi connectivity index (χ4n) is 2.86. The van der Waals surface area contributed by atoms with E-state index in [1.54, 1.807) is 12.4 Å². The lowest BCUT2D eigenvalue weighted by Crippen LogP contribution is -2.39. The van der Waals surface area contributed by atoms with Crippen molar-refractivity contribution in [2.24, 2.45) is 5.92 Å². The van der Waals surface area contributed by atoms with E-state index in [0.717, 1.165) is 24.0 Å². The molecular formula is C18H19ClN2O2. The minimum absolute atomic E-state index is 0.00435. The van der Waals surface area contributed by atoms with Gasteiger partial charge in [-0.1, -0.05) is 23.7 Å².